The number of aromatic amines is 1. The van der Waals surface area contributed by atoms with Gasteiger partial charge in [-0.05, 0) is 29.8 Å². The molecule has 3 N–H and O–H groups in total. The highest BCUT2D eigenvalue weighted by molar-refractivity contribution is 7.99. The number of H-pyrrole nitrogens is 1. The summed E-state index contributed by atoms with van der Waals surface area (Å²) >= 11 is 1.03. The lowest BCUT2D eigenvalue weighted by atomic mass is 10.1. The van der Waals surface area contributed by atoms with E-state index in [1.807, 2.05) is 24.3 Å². The zero-order valence-electron chi connectivity index (χ0n) is 17.1. The number of carbonyl (C=O) groups is 2. The molecule has 5 rings (SSSR count). The average Bonchev–Trinajstić information content (AvgIpc) is 3.56. The predicted octanol–water partition coefficient (Wildman–Crippen LogP) is 2.85. The lowest BCUT2D eigenvalue weighted by molar-refractivity contribution is -0.141. The highest BCUT2D eigenvalue weighted by atomic mass is 32.2. The van der Waals surface area contributed by atoms with Crippen LogP contribution in [0.4, 0.5) is 0 Å². The lowest BCUT2D eigenvalue weighted by Crippen LogP contribution is -2.43. The average molecular weight is 466 g/mol. The Morgan fingerprint density at radius 1 is 1.15 bits per heavy atom. The molecule has 3 heterocycles. The minimum atomic E-state index is -1.11. The standard InChI is InChI=1S/C22H18N4O6S/c27-19(24-16(21(28)29)7-13-9-23-15-4-2-1-3-14(13)15)10-33-22-26-25-20(32-22)12-5-6-17-18(8-12)31-11-30-17/h1-6,8-9,16,23H,7,10-11H2,(H,24,27)(H,28,29). The third kappa shape index (κ3) is 4.48. The van der Waals surface area contributed by atoms with E-state index in [0.717, 1.165) is 28.2 Å². The van der Waals surface area contributed by atoms with Crippen molar-refractivity contribution in [2.45, 2.75) is 17.7 Å². The zero-order chi connectivity index (χ0) is 22.8. The minimum Gasteiger partial charge on any atom is -0.480 e. The SMILES string of the molecule is O=C(CSc1nnc(-c2ccc3c(c2)OCO3)o1)NC(Cc1c[nH]c2ccccc12)C(=O)O. The van der Waals surface area contributed by atoms with Gasteiger partial charge in [-0.1, -0.05) is 30.0 Å². The van der Waals surface area contributed by atoms with Gasteiger partial charge in [-0.3, -0.25) is 4.79 Å². The third-order valence-corrected chi connectivity index (χ3v) is 5.90. The van der Waals surface area contributed by atoms with Gasteiger partial charge in [0.2, 0.25) is 18.6 Å². The largest absolute Gasteiger partial charge is 0.480 e. The predicted molar refractivity (Wildman–Crippen MR) is 118 cm³/mol. The summed E-state index contributed by atoms with van der Waals surface area (Å²) in [5, 5.41) is 21.2. The Hall–Kier alpha value is -3.99. The number of rotatable bonds is 8. The van der Waals surface area contributed by atoms with E-state index in [1.165, 1.54) is 0 Å². The minimum absolute atomic E-state index is 0.0690. The molecule has 0 aliphatic carbocycles. The summed E-state index contributed by atoms with van der Waals surface area (Å²) in [6.45, 7) is 0.163. The molecule has 0 fully saturated rings. The van der Waals surface area contributed by atoms with Crippen molar-refractivity contribution in [3.05, 3.63) is 54.2 Å². The quantitative estimate of drug-likeness (QED) is 0.334. The number of ether oxygens (including phenoxy) is 2. The van der Waals surface area contributed by atoms with Crippen LogP contribution in [0.3, 0.4) is 0 Å². The van der Waals surface area contributed by atoms with Gasteiger partial charge in [0.05, 0.1) is 5.75 Å². The molecule has 1 amide bonds. The van der Waals surface area contributed by atoms with Crippen molar-refractivity contribution in [1.29, 1.82) is 0 Å². The Morgan fingerprint density at radius 2 is 2.00 bits per heavy atom. The Balaban J connectivity index is 1.19. The first-order valence-corrected chi connectivity index (χ1v) is 11.0. The summed E-state index contributed by atoms with van der Waals surface area (Å²) in [6, 6.07) is 11.8. The zero-order valence-corrected chi connectivity index (χ0v) is 17.9. The molecule has 0 radical (unpaired) electrons. The number of aromatic nitrogens is 3. The number of fused-ring (bicyclic) bond motifs is 2. The van der Waals surface area contributed by atoms with Gasteiger partial charge in [0.15, 0.2) is 11.5 Å². The van der Waals surface area contributed by atoms with Crippen LogP contribution in [0, 0.1) is 0 Å². The maximum atomic E-state index is 12.4. The molecule has 11 heteroatoms. The van der Waals surface area contributed by atoms with Crippen LogP contribution in [-0.2, 0) is 16.0 Å². The van der Waals surface area contributed by atoms with Gasteiger partial charge >= 0.3 is 5.97 Å². The van der Waals surface area contributed by atoms with E-state index < -0.39 is 17.9 Å². The first kappa shape index (κ1) is 20.9. The van der Waals surface area contributed by atoms with Gasteiger partial charge in [0.1, 0.15) is 6.04 Å². The molecular weight excluding hydrogens is 448 g/mol. The van der Waals surface area contributed by atoms with Gasteiger partial charge in [-0.15, -0.1) is 10.2 Å². The number of carbonyl (C=O) groups excluding carboxylic acids is 1. The second-order valence-electron chi connectivity index (χ2n) is 7.25. The topological polar surface area (TPSA) is 140 Å². The Morgan fingerprint density at radius 3 is 2.88 bits per heavy atom. The van der Waals surface area contributed by atoms with Crippen molar-refractivity contribution in [2.75, 3.05) is 12.5 Å². The summed E-state index contributed by atoms with van der Waals surface area (Å²) in [7, 11) is 0. The van der Waals surface area contributed by atoms with Crippen molar-refractivity contribution >= 4 is 34.5 Å². The van der Waals surface area contributed by atoms with Crippen molar-refractivity contribution in [1.82, 2.24) is 20.5 Å². The van der Waals surface area contributed by atoms with Crippen molar-refractivity contribution in [3.63, 3.8) is 0 Å². The summed E-state index contributed by atoms with van der Waals surface area (Å²) < 4.78 is 16.2. The molecule has 1 aliphatic rings. The Kier molecular flexibility index (Phi) is 5.61. The summed E-state index contributed by atoms with van der Waals surface area (Å²) in [5.41, 5.74) is 2.39. The molecule has 0 saturated carbocycles. The van der Waals surface area contributed by atoms with E-state index in [-0.39, 0.29) is 30.1 Å². The van der Waals surface area contributed by atoms with Crippen LogP contribution in [0.25, 0.3) is 22.4 Å². The number of thioether (sulfide) groups is 1. The van der Waals surface area contributed by atoms with Gasteiger partial charge in [0.25, 0.3) is 5.22 Å². The number of nitrogens with zero attached hydrogens (tertiary/aromatic N) is 2. The fourth-order valence-corrected chi connectivity index (χ4v) is 4.07. The van der Waals surface area contributed by atoms with Crippen LogP contribution in [0.1, 0.15) is 5.56 Å². The summed E-state index contributed by atoms with van der Waals surface area (Å²) in [5.74, 6) is -0.115. The number of aliphatic carboxylic acids is 1. The lowest BCUT2D eigenvalue weighted by Gasteiger charge is -2.13. The van der Waals surface area contributed by atoms with Crippen LogP contribution < -0.4 is 14.8 Å². The van der Waals surface area contributed by atoms with Crippen LogP contribution in [-0.4, -0.2) is 50.8 Å². The Bertz CT molecular complexity index is 1330. The normalized spacial score (nSPS) is 13.2. The monoisotopic (exact) mass is 466 g/mol. The molecule has 2 aromatic carbocycles. The molecule has 10 nitrogen and oxygen atoms in total. The fraction of sp³-hybridized carbons (Fsp3) is 0.182. The van der Waals surface area contributed by atoms with Gasteiger partial charge in [-0.2, -0.15) is 0 Å². The summed E-state index contributed by atoms with van der Waals surface area (Å²) in [4.78, 5) is 27.2. The molecule has 0 bridgehead atoms. The number of benzene rings is 2. The number of nitrogens with one attached hydrogen (secondary N) is 2. The second kappa shape index (κ2) is 8.87. The van der Waals surface area contributed by atoms with Crippen molar-refractivity contribution in [3.8, 4) is 23.0 Å². The van der Waals surface area contributed by atoms with E-state index in [1.54, 1.807) is 24.4 Å². The molecule has 168 valence electrons. The van der Waals surface area contributed by atoms with Crippen molar-refractivity contribution in [2.24, 2.45) is 0 Å². The molecule has 1 aliphatic heterocycles. The van der Waals surface area contributed by atoms with Crippen molar-refractivity contribution < 1.29 is 28.6 Å². The second-order valence-corrected chi connectivity index (χ2v) is 8.18. The van der Waals surface area contributed by atoms with E-state index in [0.29, 0.717) is 17.1 Å². The number of hydrogen-bond donors (Lipinski definition) is 3. The molecule has 0 spiro atoms. The molecule has 1 atom stereocenters. The molecule has 1 unspecified atom stereocenters. The maximum Gasteiger partial charge on any atom is 0.326 e. The third-order valence-electron chi connectivity index (χ3n) is 5.08. The fourth-order valence-electron chi connectivity index (χ4n) is 3.50. The maximum absolute atomic E-state index is 12.4. The molecular formula is C22H18N4O6S. The smallest absolute Gasteiger partial charge is 0.326 e. The van der Waals surface area contributed by atoms with Gasteiger partial charge < -0.3 is 29.3 Å². The van der Waals surface area contributed by atoms with Crippen LogP contribution >= 0.6 is 11.8 Å². The van der Waals surface area contributed by atoms with E-state index >= 15 is 0 Å². The van der Waals surface area contributed by atoms with E-state index in [9.17, 15) is 14.7 Å². The number of carboxylic acids is 1. The molecule has 4 aromatic rings. The van der Waals surface area contributed by atoms with Crippen LogP contribution in [0.2, 0.25) is 0 Å². The first-order valence-electron chi connectivity index (χ1n) is 10.0. The highest BCUT2D eigenvalue weighted by Gasteiger charge is 2.23. The Labute approximate surface area is 191 Å². The molecule has 2 aromatic heterocycles. The van der Waals surface area contributed by atoms with Crippen LogP contribution in [0.5, 0.6) is 11.5 Å². The molecule has 0 saturated heterocycles. The van der Waals surface area contributed by atoms with E-state index in [2.05, 4.69) is 20.5 Å². The van der Waals surface area contributed by atoms with E-state index in [4.69, 9.17) is 13.9 Å². The first-order chi connectivity index (χ1) is 16.1. The van der Waals surface area contributed by atoms with Crippen LogP contribution in [0.15, 0.2) is 58.3 Å². The number of carboxylic acid groups (broad SMARTS) is 1. The van der Waals surface area contributed by atoms with Gasteiger partial charge in [-0.25, -0.2) is 4.79 Å². The highest BCUT2D eigenvalue weighted by Crippen LogP contribution is 2.36. The molecule has 33 heavy (non-hydrogen) atoms. The number of amides is 1. The number of hydrogen-bond acceptors (Lipinski definition) is 8. The number of para-hydroxylation sites is 1. The van der Waals surface area contributed by atoms with Gasteiger partial charge in [0, 0.05) is 29.1 Å². The summed E-state index contributed by atoms with van der Waals surface area (Å²) in [6.07, 6.45) is 1.92.